The van der Waals surface area contributed by atoms with Gasteiger partial charge in [0.05, 0.1) is 6.10 Å². The molecule has 0 aliphatic heterocycles. The van der Waals surface area contributed by atoms with Crippen molar-refractivity contribution in [3.05, 3.63) is 69.5 Å². The quantitative estimate of drug-likeness (QED) is 0.885. The van der Waals surface area contributed by atoms with Crippen LogP contribution in [0.15, 0.2) is 42.5 Å². The minimum atomic E-state index is -0.835. The molecule has 2 aromatic carbocycles. The van der Waals surface area contributed by atoms with Crippen LogP contribution in [-0.4, -0.2) is 5.11 Å². The maximum absolute atomic E-state index is 13.1. The molecule has 0 radical (unpaired) electrons. The molecule has 0 amide bonds. The summed E-state index contributed by atoms with van der Waals surface area (Å²) in [5.74, 6) is -0.378. The zero-order valence-corrected chi connectivity index (χ0v) is 10.9. The summed E-state index contributed by atoms with van der Waals surface area (Å²) in [4.78, 5) is 0. The molecular formula is C14H11Cl2FO. The van der Waals surface area contributed by atoms with Crippen LogP contribution in [0.1, 0.15) is 17.2 Å². The fourth-order valence-electron chi connectivity index (χ4n) is 1.75. The lowest BCUT2D eigenvalue weighted by Crippen LogP contribution is -2.03. The summed E-state index contributed by atoms with van der Waals surface area (Å²) in [6.07, 6.45) is -0.583. The molecule has 0 bridgehead atoms. The second-order valence-electron chi connectivity index (χ2n) is 3.98. The Kier molecular flexibility index (Phi) is 4.23. The van der Waals surface area contributed by atoms with E-state index in [1.165, 1.54) is 12.1 Å². The van der Waals surface area contributed by atoms with Gasteiger partial charge in [-0.3, -0.25) is 0 Å². The average molecular weight is 285 g/mol. The van der Waals surface area contributed by atoms with E-state index in [9.17, 15) is 9.50 Å². The Bertz CT molecular complexity index is 537. The van der Waals surface area contributed by atoms with Gasteiger partial charge in [0.15, 0.2) is 0 Å². The van der Waals surface area contributed by atoms with E-state index >= 15 is 0 Å². The van der Waals surface area contributed by atoms with E-state index in [4.69, 9.17) is 23.2 Å². The molecule has 4 heteroatoms. The molecule has 1 nitrogen and oxygen atoms in total. The second kappa shape index (κ2) is 5.70. The van der Waals surface area contributed by atoms with E-state index in [-0.39, 0.29) is 12.2 Å². The van der Waals surface area contributed by atoms with Gasteiger partial charge in [0, 0.05) is 16.5 Å². The highest BCUT2D eigenvalue weighted by Gasteiger charge is 2.13. The highest BCUT2D eigenvalue weighted by molar-refractivity contribution is 6.35. The lowest BCUT2D eigenvalue weighted by Gasteiger charge is -2.13. The molecule has 0 aliphatic carbocycles. The Labute approximate surface area is 115 Å². The monoisotopic (exact) mass is 284 g/mol. The van der Waals surface area contributed by atoms with Crippen molar-refractivity contribution in [3.8, 4) is 0 Å². The topological polar surface area (TPSA) is 20.2 Å². The van der Waals surface area contributed by atoms with Crippen molar-refractivity contribution in [1.29, 1.82) is 0 Å². The third-order valence-electron chi connectivity index (χ3n) is 2.69. The fraction of sp³-hybridized carbons (Fsp3) is 0.143. The first-order valence-electron chi connectivity index (χ1n) is 5.44. The molecule has 0 heterocycles. The van der Waals surface area contributed by atoms with Crippen LogP contribution in [0.4, 0.5) is 4.39 Å². The molecule has 18 heavy (non-hydrogen) atoms. The molecule has 0 aromatic heterocycles. The van der Waals surface area contributed by atoms with Crippen molar-refractivity contribution in [2.75, 3.05) is 0 Å². The minimum Gasteiger partial charge on any atom is -0.388 e. The average Bonchev–Trinajstić information content (AvgIpc) is 2.34. The molecule has 1 N–H and O–H groups in total. The molecule has 0 aliphatic rings. The van der Waals surface area contributed by atoms with Crippen LogP contribution < -0.4 is 0 Å². The zero-order valence-electron chi connectivity index (χ0n) is 9.41. The summed E-state index contributed by atoms with van der Waals surface area (Å²) in [6.45, 7) is 0. The summed E-state index contributed by atoms with van der Waals surface area (Å²) in [5, 5.41) is 11.1. The highest BCUT2D eigenvalue weighted by Crippen LogP contribution is 2.29. The van der Waals surface area contributed by atoms with Crippen molar-refractivity contribution in [2.24, 2.45) is 0 Å². The van der Waals surface area contributed by atoms with E-state index in [2.05, 4.69) is 0 Å². The first-order valence-corrected chi connectivity index (χ1v) is 6.20. The molecular weight excluding hydrogens is 274 g/mol. The van der Waals surface area contributed by atoms with Crippen LogP contribution in [-0.2, 0) is 6.42 Å². The standard InChI is InChI=1S/C14H11Cl2FO/c15-12-5-2-6-13(16)11(12)8-14(18)9-3-1-4-10(17)7-9/h1-7,14,18H,8H2. The number of aliphatic hydroxyl groups is 1. The number of aliphatic hydroxyl groups excluding tert-OH is 1. The molecule has 0 saturated heterocycles. The van der Waals surface area contributed by atoms with E-state index in [0.717, 1.165) is 0 Å². The van der Waals surface area contributed by atoms with Crippen LogP contribution in [0.2, 0.25) is 10.0 Å². The van der Waals surface area contributed by atoms with Gasteiger partial charge in [-0.05, 0) is 35.4 Å². The fourth-order valence-corrected chi connectivity index (χ4v) is 2.30. The van der Waals surface area contributed by atoms with Crippen molar-refractivity contribution < 1.29 is 9.50 Å². The molecule has 2 rings (SSSR count). The van der Waals surface area contributed by atoms with Crippen molar-refractivity contribution in [1.82, 2.24) is 0 Å². The van der Waals surface area contributed by atoms with Gasteiger partial charge in [-0.2, -0.15) is 0 Å². The van der Waals surface area contributed by atoms with Gasteiger partial charge in [-0.15, -0.1) is 0 Å². The van der Waals surface area contributed by atoms with Gasteiger partial charge in [-0.25, -0.2) is 4.39 Å². The van der Waals surface area contributed by atoms with E-state index < -0.39 is 6.10 Å². The van der Waals surface area contributed by atoms with Crippen LogP contribution in [0.5, 0.6) is 0 Å². The number of hydrogen-bond acceptors (Lipinski definition) is 1. The number of halogens is 3. The number of hydrogen-bond donors (Lipinski definition) is 1. The summed E-state index contributed by atoms with van der Waals surface area (Å²) in [5.41, 5.74) is 1.17. The second-order valence-corrected chi connectivity index (χ2v) is 4.79. The van der Waals surface area contributed by atoms with Crippen molar-refractivity contribution >= 4 is 23.2 Å². The molecule has 0 fully saturated rings. The lowest BCUT2D eigenvalue weighted by atomic mass is 10.0. The third-order valence-corrected chi connectivity index (χ3v) is 3.40. The zero-order chi connectivity index (χ0) is 13.1. The van der Waals surface area contributed by atoms with Crippen LogP contribution in [0, 0.1) is 5.82 Å². The molecule has 2 aromatic rings. The van der Waals surface area contributed by atoms with Crippen LogP contribution in [0.25, 0.3) is 0 Å². The van der Waals surface area contributed by atoms with E-state index in [0.29, 0.717) is 21.2 Å². The third kappa shape index (κ3) is 3.02. The summed E-state index contributed by atoms with van der Waals surface area (Å²) in [6, 6.07) is 11.0. The Morgan fingerprint density at radius 1 is 1.06 bits per heavy atom. The predicted molar refractivity (Wildman–Crippen MR) is 71.5 cm³/mol. The van der Waals surface area contributed by atoms with Gasteiger partial charge in [0.2, 0.25) is 0 Å². The smallest absolute Gasteiger partial charge is 0.123 e. The Morgan fingerprint density at radius 2 is 1.67 bits per heavy atom. The van der Waals surface area contributed by atoms with Crippen LogP contribution in [0.3, 0.4) is 0 Å². The van der Waals surface area contributed by atoms with Crippen molar-refractivity contribution in [3.63, 3.8) is 0 Å². The van der Waals surface area contributed by atoms with Gasteiger partial charge in [0.25, 0.3) is 0 Å². The van der Waals surface area contributed by atoms with E-state index in [1.807, 2.05) is 0 Å². The van der Waals surface area contributed by atoms with Crippen LogP contribution >= 0.6 is 23.2 Å². The Morgan fingerprint density at radius 3 is 2.28 bits per heavy atom. The first-order chi connectivity index (χ1) is 8.58. The SMILES string of the molecule is OC(Cc1c(Cl)cccc1Cl)c1cccc(F)c1. The summed E-state index contributed by atoms with van der Waals surface area (Å²) < 4.78 is 13.1. The van der Waals surface area contributed by atoms with Gasteiger partial charge in [-0.1, -0.05) is 41.4 Å². The van der Waals surface area contributed by atoms with Gasteiger partial charge < -0.3 is 5.11 Å². The summed E-state index contributed by atoms with van der Waals surface area (Å²) in [7, 11) is 0. The predicted octanol–water partition coefficient (Wildman–Crippen LogP) is 4.41. The largest absolute Gasteiger partial charge is 0.388 e. The summed E-state index contributed by atoms with van der Waals surface area (Å²) >= 11 is 12.0. The maximum Gasteiger partial charge on any atom is 0.123 e. The normalized spacial score (nSPS) is 12.4. The maximum atomic E-state index is 13.1. The first kappa shape index (κ1) is 13.3. The number of benzene rings is 2. The molecule has 94 valence electrons. The minimum absolute atomic E-state index is 0.252. The Hall–Kier alpha value is -1.09. The lowest BCUT2D eigenvalue weighted by molar-refractivity contribution is 0.178. The molecule has 0 saturated carbocycles. The molecule has 1 atom stereocenters. The highest BCUT2D eigenvalue weighted by atomic mass is 35.5. The number of rotatable bonds is 3. The van der Waals surface area contributed by atoms with Gasteiger partial charge >= 0.3 is 0 Å². The molecule has 1 unspecified atom stereocenters. The van der Waals surface area contributed by atoms with Gasteiger partial charge in [0.1, 0.15) is 5.82 Å². The molecule has 0 spiro atoms. The Balaban J connectivity index is 2.24. The van der Waals surface area contributed by atoms with E-state index in [1.54, 1.807) is 30.3 Å². The van der Waals surface area contributed by atoms with Crippen molar-refractivity contribution in [2.45, 2.75) is 12.5 Å².